The fourth-order valence-corrected chi connectivity index (χ4v) is 6.94. The topological polar surface area (TPSA) is 49.6 Å². The van der Waals surface area contributed by atoms with Gasteiger partial charge in [-0.15, -0.1) is 0 Å². The summed E-state index contributed by atoms with van der Waals surface area (Å²) in [7, 11) is 0. The minimum atomic E-state index is -0.0376. The largest absolute Gasteiger partial charge is 0.361 e. The number of hydrogen-bond donors (Lipinski definition) is 0. The van der Waals surface area contributed by atoms with Crippen LogP contribution in [-0.2, 0) is 5.41 Å². The maximum atomic E-state index is 13.3. The van der Waals surface area contributed by atoms with Gasteiger partial charge in [-0.05, 0) is 82.5 Å². The Bertz CT molecular complexity index is 988. The van der Waals surface area contributed by atoms with Crippen molar-refractivity contribution in [1.29, 1.82) is 0 Å². The highest BCUT2D eigenvalue weighted by molar-refractivity contribution is 6.06. The molecule has 2 saturated carbocycles. The predicted octanol–water partition coefficient (Wildman–Crippen LogP) is 4.47. The van der Waals surface area contributed by atoms with E-state index < -0.39 is 0 Å². The Morgan fingerprint density at radius 1 is 1.13 bits per heavy atom. The number of aromatic nitrogens is 1. The van der Waals surface area contributed by atoms with Gasteiger partial charge in [0.15, 0.2) is 5.69 Å². The molecule has 5 nitrogen and oxygen atoms in total. The molecule has 0 N–H and O–H groups in total. The van der Waals surface area contributed by atoms with E-state index in [1.54, 1.807) is 6.07 Å². The zero-order valence-corrected chi connectivity index (χ0v) is 18.1. The van der Waals surface area contributed by atoms with Crippen LogP contribution in [0.3, 0.4) is 0 Å². The van der Waals surface area contributed by atoms with E-state index in [9.17, 15) is 4.79 Å². The number of amides is 1. The molecule has 1 aromatic heterocycles. The molecule has 2 aromatic rings. The highest BCUT2D eigenvalue weighted by Crippen LogP contribution is 2.51. The number of fused-ring (bicyclic) bond motifs is 4. The standard InChI is InChI=1S/C25H31N3O2/c1-16-3-6-22-20(11-16)25(15-28(22)24(29)21-12-17(2)30-26-21)7-9-27(10-8-25)23-14-18-4-5-19(23)13-18/h3,6,11-12,18-19,23H,4-5,7-10,13-15H2,1-2H3. The average Bonchev–Trinajstić information content (AvgIpc) is 3.53. The van der Waals surface area contributed by atoms with Gasteiger partial charge in [0, 0.05) is 29.8 Å². The second kappa shape index (κ2) is 6.68. The van der Waals surface area contributed by atoms with Crippen LogP contribution in [0.15, 0.2) is 28.8 Å². The van der Waals surface area contributed by atoms with Crippen molar-refractivity contribution in [1.82, 2.24) is 10.1 Å². The molecular weight excluding hydrogens is 374 g/mol. The summed E-state index contributed by atoms with van der Waals surface area (Å²) in [6.45, 7) is 7.07. The van der Waals surface area contributed by atoms with Crippen molar-refractivity contribution in [3.05, 3.63) is 46.8 Å². The van der Waals surface area contributed by atoms with Gasteiger partial charge < -0.3 is 14.3 Å². The first kappa shape index (κ1) is 18.6. The van der Waals surface area contributed by atoms with E-state index in [0.29, 0.717) is 11.5 Å². The SMILES string of the molecule is Cc1ccc2c(c1)C1(CCN(C3CC4CCC3C4)CC1)CN2C(=O)c1cc(C)on1. The molecule has 2 aliphatic carbocycles. The number of piperidine rings is 1. The van der Waals surface area contributed by atoms with E-state index in [1.165, 1.54) is 36.8 Å². The molecule has 1 amide bonds. The summed E-state index contributed by atoms with van der Waals surface area (Å²) in [4.78, 5) is 18.0. The van der Waals surface area contributed by atoms with Crippen LogP contribution in [0.25, 0.3) is 0 Å². The first-order chi connectivity index (χ1) is 14.5. The van der Waals surface area contributed by atoms with E-state index in [4.69, 9.17) is 4.52 Å². The van der Waals surface area contributed by atoms with Crippen molar-refractivity contribution in [3.8, 4) is 0 Å². The van der Waals surface area contributed by atoms with Gasteiger partial charge in [0.25, 0.3) is 5.91 Å². The Morgan fingerprint density at radius 2 is 1.97 bits per heavy atom. The molecule has 4 aliphatic rings. The highest BCUT2D eigenvalue weighted by atomic mass is 16.5. The van der Waals surface area contributed by atoms with Gasteiger partial charge in [0.1, 0.15) is 5.76 Å². The quantitative estimate of drug-likeness (QED) is 0.739. The molecule has 1 saturated heterocycles. The zero-order valence-electron chi connectivity index (χ0n) is 18.1. The molecule has 1 aromatic carbocycles. The average molecular weight is 406 g/mol. The molecule has 2 bridgehead atoms. The molecule has 3 unspecified atom stereocenters. The number of aryl methyl sites for hydroxylation is 2. The van der Waals surface area contributed by atoms with Crippen LogP contribution in [0.5, 0.6) is 0 Å². The van der Waals surface area contributed by atoms with Crippen molar-refractivity contribution in [2.45, 2.75) is 63.8 Å². The van der Waals surface area contributed by atoms with Crippen molar-refractivity contribution >= 4 is 11.6 Å². The fraction of sp³-hybridized carbons (Fsp3) is 0.600. The number of rotatable bonds is 2. The lowest BCUT2D eigenvalue weighted by Gasteiger charge is -2.44. The molecule has 3 fully saturated rings. The van der Waals surface area contributed by atoms with Gasteiger partial charge >= 0.3 is 0 Å². The van der Waals surface area contributed by atoms with Crippen LogP contribution in [0.1, 0.15) is 65.9 Å². The smallest absolute Gasteiger partial charge is 0.280 e. The number of likely N-dealkylation sites (tertiary alicyclic amines) is 1. The van der Waals surface area contributed by atoms with Crippen molar-refractivity contribution < 1.29 is 9.32 Å². The summed E-state index contributed by atoms with van der Waals surface area (Å²) in [5, 5.41) is 4.00. The minimum Gasteiger partial charge on any atom is -0.361 e. The van der Waals surface area contributed by atoms with Crippen LogP contribution in [0.4, 0.5) is 5.69 Å². The summed E-state index contributed by atoms with van der Waals surface area (Å²) >= 11 is 0. The van der Waals surface area contributed by atoms with Crippen LogP contribution in [0.2, 0.25) is 0 Å². The van der Waals surface area contributed by atoms with Crippen molar-refractivity contribution in [3.63, 3.8) is 0 Å². The third-order valence-corrected chi connectivity index (χ3v) is 8.49. The molecule has 1 spiro atoms. The summed E-state index contributed by atoms with van der Waals surface area (Å²) in [6.07, 6.45) is 8.07. The lowest BCUT2D eigenvalue weighted by atomic mass is 9.73. The predicted molar refractivity (Wildman–Crippen MR) is 116 cm³/mol. The van der Waals surface area contributed by atoms with Crippen molar-refractivity contribution in [2.24, 2.45) is 11.8 Å². The third-order valence-electron chi connectivity index (χ3n) is 8.49. The molecular formula is C25H31N3O2. The van der Waals surface area contributed by atoms with E-state index in [0.717, 1.165) is 56.0 Å². The van der Waals surface area contributed by atoms with Crippen LogP contribution >= 0.6 is 0 Å². The monoisotopic (exact) mass is 405 g/mol. The van der Waals surface area contributed by atoms with Gasteiger partial charge in [-0.3, -0.25) is 4.79 Å². The summed E-state index contributed by atoms with van der Waals surface area (Å²) in [5.41, 5.74) is 4.19. The number of carbonyl (C=O) groups is 1. The highest BCUT2D eigenvalue weighted by Gasteiger charge is 2.49. The molecule has 0 radical (unpaired) electrons. The number of anilines is 1. The molecule has 6 rings (SSSR count). The van der Waals surface area contributed by atoms with Gasteiger partial charge in [0.2, 0.25) is 0 Å². The van der Waals surface area contributed by atoms with Gasteiger partial charge in [0.05, 0.1) is 0 Å². The van der Waals surface area contributed by atoms with E-state index in [-0.39, 0.29) is 11.3 Å². The van der Waals surface area contributed by atoms with Gasteiger partial charge in [-0.1, -0.05) is 29.3 Å². The lowest BCUT2D eigenvalue weighted by Crippen LogP contribution is -2.50. The van der Waals surface area contributed by atoms with E-state index >= 15 is 0 Å². The van der Waals surface area contributed by atoms with Gasteiger partial charge in [-0.2, -0.15) is 0 Å². The lowest BCUT2D eigenvalue weighted by molar-refractivity contribution is 0.0845. The van der Waals surface area contributed by atoms with E-state index in [1.807, 2.05) is 11.8 Å². The normalized spacial score (nSPS) is 29.7. The van der Waals surface area contributed by atoms with Crippen LogP contribution < -0.4 is 4.90 Å². The summed E-state index contributed by atoms with van der Waals surface area (Å²) in [5.74, 6) is 2.57. The molecule has 3 heterocycles. The maximum absolute atomic E-state index is 13.3. The summed E-state index contributed by atoms with van der Waals surface area (Å²) < 4.78 is 5.18. The number of nitrogens with zero attached hydrogens (tertiary/aromatic N) is 3. The Morgan fingerprint density at radius 3 is 2.63 bits per heavy atom. The maximum Gasteiger partial charge on any atom is 0.280 e. The van der Waals surface area contributed by atoms with Crippen molar-refractivity contribution in [2.75, 3.05) is 24.5 Å². The minimum absolute atomic E-state index is 0.0376. The first-order valence-corrected chi connectivity index (χ1v) is 11.6. The fourth-order valence-electron chi connectivity index (χ4n) is 6.94. The summed E-state index contributed by atoms with van der Waals surface area (Å²) in [6, 6.07) is 9.14. The third kappa shape index (κ3) is 2.78. The Kier molecular flexibility index (Phi) is 4.14. The Labute approximate surface area is 178 Å². The Hall–Kier alpha value is -2.14. The van der Waals surface area contributed by atoms with Gasteiger partial charge in [-0.25, -0.2) is 0 Å². The molecule has 2 aliphatic heterocycles. The number of hydrogen-bond acceptors (Lipinski definition) is 4. The second-order valence-corrected chi connectivity index (χ2v) is 10.3. The molecule has 158 valence electrons. The molecule has 5 heteroatoms. The van der Waals surface area contributed by atoms with Crippen LogP contribution in [-0.4, -0.2) is 41.6 Å². The van der Waals surface area contributed by atoms with Crippen LogP contribution in [0, 0.1) is 25.7 Å². The first-order valence-electron chi connectivity index (χ1n) is 11.6. The molecule has 3 atom stereocenters. The van der Waals surface area contributed by atoms with E-state index in [2.05, 4.69) is 35.2 Å². The number of benzene rings is 1. The zero-order chi connectivity index (χ0) is 20.5. The second-order valence-electron chi connectivity index (χ2n) is 10.3. The number of carbonyl (C=O) groups excluding carboxylic acids is 1. The molecule has 30 heavy (non-hydrogen) atoms. The Balaban J connectivity index is 1.27.